The quantitative estimate of drug-likeness (QED) is 0.219. The van der Waals surface area contributed by atoms with Gasteiger partial charge in [-0.2, -0.15) is 13.2 Å². The van der Waals surface area contributed by atoms with E-state index in [1.807, 2.05) is 6.07 Å². The molecule has 3 aromatic rings. The Balaban J connectivity index is 1.55. The van der Waals surface area contributed by atoms with Crippen LogP contribution in [0.2, 0.25) is 0 Å². The fraction of sp³-hybridized carbons (Fsp3) is 0.448. The van der Waals surface area contributed by atoms with Crippen LogP contribution in [0.5, 0.6) is 5.75 Å². The number of hydrogen-bond acceptors (Lipinski definition) is 9. The summed E-state index contributed by atoms with van der Waals surface area (Å²) >= 11 is 1.23. The largest absolute Gasteiger partial charge is 0.489 e. The lowest BCUT2D eigenvalue weighted by atomic mass is 10.0. The number of alkyl halides is 3. The summed E-state index contributed by atoms with van der Waals surface area (Å²) in [5.41, 5.74) is 1.33. The third-order valence-electron chi connectivity index (χ3n) is 6.95. The Hall–Kier alpha value is -3.06. The zero-order valence-electron chi connectivity index (χ0n) is 23.7. The van der Waals surface area contributed by atoms with Crippen LogP contribution in [0.3, 0.4) is 0 Å². The van der Waals surface area contributed by atoms with Crippen LogP contribution < -0.4 is 20.5 Å². The summed E-state index contributed by atoms with van der Waals surface area (Å²) in [6.07, 6.45) is -3.67. The number of rotatable bonds is 12. The second kappa shape index (κ2) is 14.6. The summed E-state index contributed by atoms with van der Waals surface area (Å²) in [6, 6.07) is 9.54. The maximum absolute atomic E-state index is 13.6. The summed E-state index contributed by atoms with van der Waals surface area (Å²) in [5, 5.41) is 21.4. The number of primary sulfonamides is 1. The van der Waals surface area contributed by atoms with Gasteiger partial charge in [0.25, 0.3) is 0 Å². The number of hydrogen-bond donors (Lipinski definition) is 4. The van der Waals surface area contributed by atoms with E-state index in [-0.39, 0.29) is 42.0 Å². The highest BCUT2D eigenvalue weighted by atomic mass is 32.2. The molecule has 43 heavy (non-hydrogen) atoms. The summed E-state index contributed by atoms with van der Waals surface area (Å²) in [7, 11) is -2.30. The highest BCUT2D eigenvalue weighted by molar-refractivity contribution is 7.89. The Bertz CT molecular complexity index is 1560. The Kier molecular flexibility index (Phi) is 11.2. The predicted molar refractivity (Wildman–Crippen MR) is 162 cm³/mol. The molecule has 1 aliphatic rings. The van der Waals surface area contributed by atoms with E-state index in [1.54, 1.807) is 19.2 Å². The number of nitrogens with one attached hydrogen (secondary N) is 2. The molecule has 1 aromatic heterocycles. The van der Waals surface area contributed by atoms with E-state index < -0.39 is 22.6 Å². The minimum atomic E-state index is -4.41. The van der Waals surface area contributed by atoms with Gasteiger partial charge >= 0.3 is 6.18 Å². The third kappa shape index (κ3) is 9.21. The number of ether oxygens (including phenoxy) is 2. The number of piperidine rings is 1. The number of fused-ring (bicyclic) bond motifs is 1. The molecule has 2 aromatic carbocycles. The maximum atomic E-state index is 13.6. The van der Waals surface area contributed by atoms with Gasteiger partial charge in [0.05, 0.1) is 52.0 Å². The van der Waals surface area contributed by atoms with Crippen LogP contribution in [0, 0.1) is 11.8 Å². The second-order valence-electron chi connectivity index (χ2n) is 10.1. The Labute approximate surface area is 253 Å². The number of anilines is 2. The van der Waals surface area contributed by atoms with E-state index in [9.17, 15) is 21.6 Å². The number of halogens is 3. The van der Waals surface area contributed by atoms with E-state index in [2.05, 4.69) is 27.4 Å². The number of sulfonamides is 1. The van der Waals surface area contributed by atoms with Gasteiger partial charge in [0.15, 0.2) is 0 Å². The number of nitrogens with two attached hydrogens (primary N) is 1. The molecule has 4 rings (SSSR count). The first-order chi connectivity index (χ1) is 20.5. The van der Waals surface area contributed by atoms with E-state index in [4.69, 9.17) is 19.7 Å². The molecule has 9 nitrogen and oxygen atoms in total. The molecule has 2 heterocycles. The smallest absolute Gasteiger partial charge is 0.393 e. The molecule has 5 N–H and O–H groups in total. The lowest BCUT2D eigenvalue weighted by molar-refractivity contribution is -0.126. The van der Waals surface area contributed by atoms with Crippen molar-refractivity contribution in [3.8, 4) is 17.6 Å². The van der Waals surface area contributed by atoms with Gasteiger partial charge in [-0.05, 0) is 42.0 Å². The van der Waals surface area contributed by atoms with Crippen molar-refractivity contribution in [3.63, 3.8) is 0 Å². The molecule has 0 spiro atoms. The molecule has 1 saturated heterocycles. The minimum absolute atomic E-state index is 0.0384. The Morgan fingerprint density at radius 2 is 1.93 bits per heavy atom. The van der Waals surface area contributed by atoms with Crippen LogP contribution in [-0.2, 0) is 21.2 Å². The van der Waals surface area contributed by atoms with Crippen molar-refractivity contribution in [2.75, 3.05) is 63.7 Å². The average Bonchev–Trinajstić information content (AvgIpc) is 3.30. The molecule has 0 bridgehead atoms. The van der Waals surface area contributed by atoms with Gasteiger partial charge in [0.1, 0.15) is 12.4 Å². The molecule has 0 aliphatic carbocycles. The van der Waals surface area contributed by atoms with Gasteiger partial charge in [0.2, 0.25) is 10.0 Å². The topological polar surface area (TPSA) is 126 Å². The summed E-state index contributed by atoms with van der Waals surface area (Å²) in [4.78, 5) is 2.51. The van der Waals surface area contributed by atoms with Gasteiger partial charge in [-0.25, -0.2) is 13.6 Å². The molecular weight excluding hydrogens is 605 g/mol. The summed E-state index contributed by atoms with van der Waals surface area (Å²) in [6.45, 7) is 3.05. The molecule has 0 saturated carbocycles. The van der Waals surface area contributed by atoms with Crippen molar-refractivity contribution < 1.29 is 36.2 Å². The van der Waals surface area contributed by atoms with Crippen molar-refractivity contribution in [3.05, 3.63) is 46.8 Å². The fourth-order valence-electron chi connectivity index (χ4n) is 4.87. The van der Waals surface area contributed by atoms with Gasteiger partial charge in [0, 0.05) is 38.9 Å². The van der Waals surface area contributed by atoms with Crippen molar-refractivity contribution in [2.45, 2.75) is 36.4 Å². The number of thiophene rings is 1. The van der Waals surface area contributed by atoms with Crippen molar-refractivity contribution in [1.82, 2.24) is 4.90 Å². The van der Waals surface area contributed by atoms with Crippen molar-refractivity contribution >= 4 is 42.8 Å². The number of likely N-dealkylation sites (tertiary alicyclic amines) is 1. The van der Waals surface area contributed by atoms with Crippen LogP contribution >= 0.6 is 11.3 Å². The zero-order valence-corrected chi connectivity index (χ0v) is 25.3. The highest BCUT2D eigenvalue weighted by Crippen LogP contribution is 2.39. The lowest BCUT2D eigenvalue weighted by Crippen LogP contribution is -2.40. The van der Waals surface area contributed by atoms with E-state index in [0.717, 1.165) is 42.9 Å². The Morgan fingerprint density at radius 1 is 1.16 bits per heavy atom. The Morgan fingerprint density at radius 3 is 2.60 bits per heavy atom. The molecule has 0 amide bonds. The number of aliphatic hydroxyl groups is 1. The fourth-order valence-corrected chi connectivity index (χ4v) is 6.57. The van der Waals surface area contributed by atoms with E-state index in [0.29, 0.717) is 22.6 Å². The number of benzene rings is 2. The van der Waals surface area contributed by atoms with Gasteiger partial charge in [-0.15, -0.1) is 11.3 Å². The summed E-state index contributed by atoms with van der Waals surface area (Å²) < 4.78 is 75.7. The number of aliphatic hydroxyl groups excluding tert-OH is 1. The number of nitrogens with zero attached hydrogens (tertiary/aromatic N) is 1. The van der Waals surface area contributed by atoms with Crippen LogP contribution in [0.15, 0.2) is 41.3 Å². The molecule has 234 valence electrons. The van der Waals surface area contributed by atoms with Crippen LogP contribution in [-0.4, -0.2) is 83.8 Å². The SMILES string of the molecule is COCCN1CCC(Nc2cccc3c(CC(F)(F)F)c(C#CCNc4ccc(S(N)(=O)=O)cc4OCCO)sc23)CC1. The van der Waals surface area contributed by atoms with Crippen LogP contribution in [0.1, 0.15) is 23.3 Å². The summed E-state index contributed by atoms with van der Waals surface area (Å²) in [5.74, 6) is 5.94. The first kappa shape index (κ1) is 32.8. The molecule has 14 heteroatoms. The van der Waals surface area contributed by atoms with Crippen LogP contribution in [0.25, 0.3) is 10.1 Å². The first-order valence-electron chi connectivity index (χ1n) is 13.7. The lowest BCUT2D eigenvalue weighted by Gasteiger charge is -2.32. The maximum Gasteiger partial charge on any atom is 0.393 e. The van der Waals surface area contributed by atoms with E-state index in [1.165, 1.54) is 29.5 Å². The molecule has 1 aliphatic heterocycles. The molecule has 0 atom stereocenters. The van der Waals surface area contributed by atoms with Crippen molar-refractivity contribution in [2.24, 2.45) is 5.14 Å². The van der Waals surface area contributed by atoms with E-state index >= 15 is 0 Å². The molecule has 0 unspecified atom stereocenters. The number of methoxy groups -OCH3 is 1. The second-order valence-corrected chi connectivity index (χ2v) is 12.6. The van der Waals surface area contributed by atoms with Gasteiger partial charge in [-0.1, -0.05) is 24.0 Å². The zero-order chi connectivity index (χ0) is 31.0. The molecule has 1 fully saturated rings. The monoisotopic (exact) mass is 640 g/mol. The highest BCUT2D eigenvalue weighted by Gasteiger charge is 2.31. The minimum Gasteiger partial charge on any atom is -0.489 e. The molecular formula is C29H35F3N4O5S2. The normalized spacial score (nSPS) is 14.8. The van der Waals surface area contributed by atoms with Gasteiger partial charge < -0.3 is 30.1 Å². The van der Waals surface area contributed by atoms with Crippen LogP contribution in [0.4, 0.5) is 24.5 Å². The third-order valence-corrected chi connectivity index (χ3v) is 9.06. The predicted octanol–water partition coefficient (Wildman–Crippen LogP) is 4.01. The van der Waals surface area contributed by atoms with Gasteiger partial charge in [-0.3, -0.25) is 0 Å². The van der Waals surface area contributed by atoms with Crippen molar-refractivity contribution in [1.29, 1.82) is 0 Å². The molecule has 0 radical (unpaired) electrons. The average molecular weight is 641 g/mol. The first-order valence-corrected chi connectivity index (χ1v) is 16.1. The standard InChI is InChI=1S/C29H35F3N4O5S2/c1-40-16-14-36-12-9-20(10-13-36)35-25-5-2-4-22-23(19-29(30,31)32)27(42-28(22)25)6-3-11-34-24-8-7-21(43(33,38)39)18-26(24)41-17-15-37/h2,4-5,7-8,18,20,34-35,37H,9-17,19H2,1H3,(H2,33,38,39).